The normalized spacial score (nSPS) is 24.1. The van der Waals surface area contributed by atoms with Gasteiger partial charge in [-0.2, -0.15) is 0 Å². The summed E-state index contributed by atoms with van der Waals surface area (Å²) in [7, 11) is 0. The van der Waals surface area contributed by atoms with Crippen molar-refractivity contribution in [2.45, 2.75) is 63.4 Å². The number of nitrogens with zero attached hydrogens (tertiary/aromatic N) is 3. The van der Waals surface area contributed by atoms with E-state index in [1.165, 1.54) is 19.3 Å². The molecule has 3 rings (SSSR count). The lowest BCUT2D eigenvalue weighted by atomic mass is 9.83. The molecule has 0 bridgehead atoms. The minimum absolute atomic E-state index is 0.422. The maximum absolute atomic E-state index is 10.7. The third-order valence-electron chi connectivity index (χ3n) is 5.08. The molecule has 0 atom stereocenters. The zero-order valence-electron chi connectivity index (χ0n) is 13.1. The molecule has 1 saturated heterocycles. The molecule has 1 aromatic rings. The number of hydrogen-bond donors (Lipinski definition) is 1. The van der Waals surface area contributed by atoms with Crippen molar-refractivity contribution in [1.82, 2.24) is 14.9 Å². The number of aryl methyl sites for hydroxylation is 1. The fraction of sp³-hybridized carbons (Fsp3) is 0.765. The molecule has 4 nitrogen and oxygen atoms in total. The maximum Gasteiger partial charge on any atom is 0.0774 e. The number of aliphatic hydroxyl groups is 1. The Morgan fingerprint density at radius 1 is 1.19 bits per heavy atom. The predicted octanol–water partition coefficient (Wildman–Crippen LogP) is 2.66. The Balaban J connectivity index is 1.53. The van der Waals surface area contributed by atoms with Crippen molar-refractivity contribution >= 4 is 0 Å². The highest BCUT2D eigenvalue weighted by Crippen LogP contribution is 2.32. The predicted molar refractivity (Wildman–Crippen MR) is 83.2 cm³/mol. The summed E-state index contributed by atoms with van der Waals surface area (Å²) in [6, 6.07) is 0. The van der Waals surface area contributed by atoms with Gasteiger partial charge in [-0.1, -0.05) is 19.3 Å². The Kier molecular flexibility index (Phi) is 4.55. The van der Waals surface area contributed by atoms with Gasteiger partial charge in [-0.05, 0) is 45.7 Å². The highest BCUT2D eigenvalue weighted by Gasteiger charge is 2.33. The molecule has 1 aliphatic heterocycles. The van der Waals surface area contributed by atoms with Crippen molar-refractivity contribution in [2.24, 2.45) is 0 Å². The van der Waals surface area contributed by atoms with Gasteiger partial charge in [-0.25, -0.2) is 0 Å². The van der Waals surface area contributed by atoms with Crippen molar-refractivity contribution in [3.8, 4) is 0 Å². The second kappa shape index (κ2) is 6.41. The van der Waals surface area contributed by atoms with Gasteiger partial charge in [0.2, 0.25) is 0 Å². The largest absolute Gasteiger partial charge is 0.389 e. The summed E-state index contributed by atoms with van der Waals surface area (Å²) in [5.41, 5.74) is 1.73. The molecule has 1 aliphatic carbocycles. The van der Waals surface area contributed by atoms with Gasteiger partial charge in [-0.3, -0.25) is 9.97 Å². The molecule has 0 spiro atoms. The molecule has 1 saturated carbocycles. The molecule has 2 aliphatic rings. The summed E-state index contributed by atoms with van der Waals surface area (Å²) >= 11 is 0. The van der Waals surface area contributed by atoms with Crippen molar-refractivity contribution in [1.29, 1.82) is 0 Å². The van der Waals surface area contributed by atoms with Crippen molar-refractivity contribution in [2.75, 3.05) is 19.6 Å². The van der Waals surface area contributed by atoms with Gasteiger partial charge in [0.05, 0.1) is 17.0 Å². The van der Waals surface area contributed by atoms with Crippen LogP contribution in [0.25, 0.3) is 0 Å². The second-order valence-corrected chi connectivity index (χ2v) is 6.92. The lowest BCUT2D eigenvalue weighted by molar-refractivity contribution is -0.0308. The monoisotopic (exact) mass is 289 g/mol. The Morgan fingerprint density at radius 3 is 2.57 bits per heavy atom. The Labute approximate surface area is 127 Å². The lowest BCUT2D eigenvalue weighted by Gasteiger charge is -2.39. The second-order valence-electron chi connectivity index (χ2n) is 6.92. The average molecular weight is 289 g/mol. The van der Waals surface area contributed by atoms with Gasteiger partial charge in [0.15, 0.2) is 0 Å². The van der Waals surface area contributed by atoms with E-state index in [0.29, 0.717) is 5.92 Å². The first-order chi connectivity index (χ1) is 10.1. The van der Waals surface area contributed by atoms with E-state index in [-0.39, 0.29) is 0 Å². The van der Waals surface area contributed by atoms with Gasteiger partial charge in [-0.15, -0.1) is 0 Å². The summed E-state index contributed by atoms with van der Waals surface area (Å²) in [5, 5.41) is 10.7. The van der Waals surface area contributed by atoms with E-state index in [9.17, 15) is 5.11 Å². The van der Waals surface area contributed by atoms with Crippen LogP contribution in [0.15, 0.2) is 12.4 Å². The molecule has 21 heavy (non-hydrogen) atoms. The van der Waals surface area contributed by atoms with Crippen LogP contribution in [0, 0.1) is 6.92 Å². The summed E-state index contributed by atoms with van der Waals surface area (Å²) < 4.78 is 0. The van der Waals surface area contributed by atoms with E-state index < -0.39 is 5.60 Å². The van der Waals surface area contributed by atoms with E-state index in [1.807, 2.05) is 19.3 Å². The molecule has 0 amide bonds. The molecule has 1 N–H and O–H groups in total. The number of rotatable bonds is 3. The standard InChI is InChI=1S/C17H27N3O/c1-14-11-18-12-16(19-14)15-5-9-20(10-6-15)13-17(21)7-3-2-4-8-17/h11-12,15,21H,2-10,13H2,1H3. The van der Waals surface area contributed by atoms with E-state index in [1.54, 1.807) is 0 Å². The number of aromatic nitrogens is 2. The van der Waals surface area contributed by atoms with E-state index >= 15 is 0 Å². The van der Waals surface area contributed by atoms with Crippen LogP contribution in [-0.2, 0) is 0 Å². The quantitative estimate of drug-likeness (QED) is 0.929. The smallest absolute Gasteiger partial charge is 0.0774 e. The summed E-state index contributed by atoms with van der Waals surface area (Å²) in [6.45, 7) is 5.01. The first kappa shape index (κ1) is 14.9. The summed E-state index contributed by atoms with van der Waals surface area (Å²) in [4.78, 5) is 11.3. The van der Waals surface area contributed by atoms with Gasteiger partial charge in [0.25, 0.3) is 0 Å². The van der Waals surface area contributed by atoms with Gasteiger partial charge in [0, 0.05) is 24.9 Å². The highest BCUT2D eigenvalue weighted by molar-refractivity contribution is 5.08. The van der Waals surface area contributed by atoms with Crippen LogP contribution >= 0.6 is 0 Å². The molecule has 2 fully saturated rings. The lowest BCUT2D eigenvalue weighted by Crippen LogP contribution is -2.47. The van der Waals surface area contributed by atoms with E-state index in [2.05, 4.69) is 14.9 Å². The van der Waals surface area contributed by atoms with Gasteiger partial charge >= 0.3 is 0 Å². The fourth-order valence-electron chi connectivity index (χ4n) is 3.85. The van der Waals surface area contributed by atoms with Crippen LogP contribution in [0.1, 0.15) is 62.3 Å². The van der Waals surface area contributed by atoms with E-state index in [4.69, 9.17) is 0 Å². The van der Waals surface area contributed by atoms with Crippen molar-refractivity contribution in [3.63, 3.8) is 0 Å². The van der Waals surface area contributed by atoms with Crippen LogP contribution < -0.4 is 0 Å². The zero-order chi connectivity index (χ0) is 14.7. The number of piperidine rings is 1. The topological polar surface area (TPSA) is 49.2 Å². The van der Waals surface area contributed by atoms with Gasteiger partial charge in [0.1, 0.15) is 0 Å². The van der Waals surface area contributed by atoms with Crippen molar-refractivity contribution in [3.05, 3.63) is 23.8 Å². The minimum atomic E-state index is -0.422. The molecule has 1 aromatic heterocycles. The molecule has 0 unspecified atom stereocenters. The molecule has 0 radical (unpaired) electrons. The molecule has 0 aromatic carbocycles. The fourth-order valence-corrected chi connectivity index (χ4v) is 3.85. The summed E-state index contributed by atoms with van der Waals surface area (Å²) in [5.74, 6) is 0.537. The maximum atomic E-state index is 10.7. The molecule has 2 heterocycles. The molecular formula is C17H27N3O. The third kappa shape index (κ3) is 3.80. The minimum Gasteiger partial charge on any atom is -0.389 e. The summed E-state index contributed by atoms with van der Waals surface area (Å²) in [6.07, 6.45) is 11.6. The molecular weight excluding hydrogens is 262 g/mol. The SMILES string of the molecule is Cc1cncc(C2CCN(CC3(O)CCCCC3)CC2)n1. The first-order valence-corrected chi connectivity index (χ1v) is 8.38. The van der Waals surface area contributed by atoms with Crippen LogP contribution in [0.4, 0.5) is 0 Å². The number of β-amino-alcohol motifs (C(OH)–C–C–N with tert-alkyl or cyclic N) is 1. The number of hydrogen-bond acceptors (Lipinski definition) is 4. The molecule has 116 valence electrons. The highest BCUT2D eigenvalue weighted by atomic mass is 16.3. The van der Waals surface area contributed by atoms with Crippen LogP contribution in [0.5, 0.6) is 0 Å². The number of likely N-dealkylation sites (tertiary alicyclic amines) is 1. The Hall–Kier alpha value is -1.00. The molecule has 4 heteroatoms. The van der Waals surface area contributed by atoms with Crippen LogP contribution in [0.2, 0.25) is 0 Å². The van der Waals surface area contributed by atoms with Gasteiger partial charge < -0.3 is 10.0 Å². The first-order valence-electron chi connectivity index (χ1n) is 8.38. The average Bonchev–Trinajstić information content (AvgIpc) is 2.48. The third-order valence-corrected chi connectivity index (χ3v) is 5.08. The Bertz CT molecular complexity index is 463. The van der Waals surface area contributed by atoms with Crippen LogP contribution in [0.3, 0.4) is 0 Å². The zero-order valence-corrected chi connectivity index (χ0v) is 13.1. The van der Waals surface area contributed by atoms with E-state index in [0.717, 1.165) is 56.7 Å². The van der Waals surface area contributed by atoms with Crippen molar-refractivity contribution < 1.29 is 5.11 Å². The Morgan fingerprint density at radius 2 is 1.90 bits per heavy atom. The van der Waals surface area contributed by atoms with Crippen LogP contribution in [-0.4, -0.2) is 45.2 Å².